The van der Waals surface area contributed by atoms with Gasteiger partial charge in [0.25, 0.3) is 0 Å². The number of rotatable bonds is 4. The molecule has 7 heteroatoms. The first-order valence-electron chi connectivity index (χ1n) is 5.34. The molecule has 1 atom stereocenters. The molecule has 1 amide bonds. The van der Waals surface area contributed by atoms with Crippen LogP contribution < -0.4 is 15.8 Å². The van der Waals surface area contributed by atoms with Crippen molar-refractivity contribution in [3.8, 4) is 0 Å². The number of benzene rings is 1. The monoisotopic (exact) mass is 271 g/mol. The Kier molecular flexibility index (Phi) is 4.31. The van der Waals surface area contributed by atoms with Crippen LogP contribution >= 0.6 is 0 Å². The third-order valence-corrected chi connectivity index (χ3v) is 2.73. The van der Waals surface area contributed by atoms with Crippen LogP contribution in [0.2, 0.25) is 0 Å². The van der Waals surface area contributed by atoms with E-state index in [4.69, 9.17) is 5.73 Å². The maximum absolute atomic E-state index is 11.5. The Morgan fingerprint density at radius 2 is 1.94 bits per heavy atom. The van der Waals surface area contributed by atoms with Gasteiger partial charge >= 0.3 is 0 Å². The number of carbonyl (C=O) groups excluding carboxylic acids is 1. The van der Waals surface area contributed by atoms with Gasteiger partial charge in [-0.1, -0.05) is 6.07 Å². The molecule has 0 aliphatic carbocycles. The lowest BCUT2D eigenvalue weighted by Gasteiger charge is -2.14. The second-order valence-electron chi connectivity index (χ2n) is 4.20. The van der Waals surface area contributed by atoms with Crippen molar-refractivity contribution in [2.75, 3.05) is 16.3 Å². The molecule has 0 unspecified atom stereocenters. The van der Waals surface area contributed by atoms with E-state index in [0.29, 0.717) is 11.4 Å². The number of hydrogen-bond acceptors (Lipinski definition) is 4. The van der Waals surface area contributed by atoms with E-state index >= 15 is 0 Å². The molecular formula is C11H17N3O3S. The fraction of sp³-hybridized carbons (Fsp3) is 0.364. The van der Waals surface area contributed by atoms with Gasteiger partial charge in [-0.15, -0.1) is 0 Å². The van der Waals surface area contributed by atoms with Crippen molar-refractivity contribution in [1.29, 1.82) is 0 Å². The maximum Gasteiger partial charge on any atom is 0.241 e. The molecule has 1 aromatic rings. The first-order valence-corrected chi connectivity index (χ1v) is 7.23. The summed E-state index contributed by atoms with van der Waals surface area (Å²) in [6, 6.07) is 4.34. The number of anilines is 2. The van der Waals surface area contributed by atoms with Crippen molar-refractivity contribution in [2.45, 2.75) is 19.9 Å². The fourth-order valence-electron chi connectivity index (χ4n) is 1.30. The van der Waals surface area contributed by atoms with Crippen molar-refractivity contribution in [3.05, 3.63) is 23.8 Å². The Labute approximate surface area is 107 Å². The molecule has 0 bridgehead atoms. The van der Waals surface area contributed by atoms with Gasteiger partial charge in [-0.05, 0) is 31.5 Å². The van der Waals surface area contributed by atoms with Gasteiger partial charge in [-0.2, -0.15) is 0 Å². The van der Waals surface area contributed by atoms with Gasteiger partial charge < -0.3 is 11.1 Å². The Hall–Kier alpha value is -1.60. The first-order chi connectivity index (χ1) is 8.19. The molecule has 0 radical (unpaired) electrons. The molecule has 6 nitrogen and oxygen atoms in total. The first kappa shape index (κ1) is 14.5. The normalized spacial score (nSPS) is 12.9. The van der Waals surface area contributed by atoms with Crippen molar-refractivity contribution in [3.63, 3.8) is 0 Å². The van der Waals surface area contributed by atoms with Crippen LogP contribution in [0.15, 0.2) is 18.2 Å². The number of hydrogen-bond donors (Lipinski definition) is 3. The SMILES string of the molecule is Cc1ccc(NS(C)(=O)=O)c(NC(=O)[C@H](C)N)c1. The number of nitrogens with one attached hydrogen (secondary N) is 2. The summed E-state index contributed by atoms with van der Waals surface area (Å²) in [4.78, 5) is 11.5. The molecule has 100 valence electrons. The largest absolute Gasteiger partial charge is 0.323 e. The summed E-state index contributed by atoms with van der Waals surface area (Å²) in [5.41, 5.74) is 7.05. The van der Waals surface area contributed by atoms with Crippen LogP contribution in [0.5, 0.6) is 0 Å². The van der Waals surface area contributed by atoms with E-state index in [2.05, 4.69) is 10.0 Å². The summed E-state index contributed by atoms with van der Waals surface area (Å²) in [6.45, 7) is 3.39. The van der Waals surface area contributed by atoms with Gasteiger partial charge in [0.1, 0.15) is 0 Å². The Bertz CT molecular complexity index is 553. The molecule has 18 heavy (non-hydrogen) atoms. The van der Waals surface area contributed by atoms with Gasteiger partial charge in [-0.25, -0.2) is 8.42 Å². The Morgan fingerprint density at radius 3 is 2.44 bits per heavy atom. The molecule has 4 N–H and O–H groups in total. The van der Waals surface area contributed by atoms with Crippen LogP contribution in [0.1, 0.15) is 12.5 Å². The number of sulfonamides is 1. The summed E-state index contributed by atoms with van der Waals surface area (Å²) in [5, 5.41) is 2.58. The summed E-state index contributed by atoms with van der Waals surface area (Å²) < 4.78 is 24.8. The number of aryl methyl sites for hydroxylation is 1. The lowest BCUT2D eigenvalue weighted by Crippen LogP contribution is -2.32. The summed E-state index contributed by atoms with van der Waals surface area (Å²) >= 11 is 0. The van der Waals surface area contributed by atoms with E-state index in [1.54, 1.807) is 25.1 Å². The molecule has 0 fully saturated rings. The topological polar surface area (TPSA) is 101 Å². The highest BCUT2D eigenvalue weighted by molar-refractivity contribution is 7.92. The van der Waals surface area contributed by atoms with E-state index in [1.807, 2.05) is 6.92 Å². The van der Waals surface area contributed by atoms with E-state index in [1.165, 1.54) is 0 Å². The van der Waals surface area contributed by atoms with Crippen molar-refractivity contribution in [2.24, 2.45) is 5.73 Å². The second-order valence-corrected chi connectivity index (χ2v) is 5.95. The summed E-state index contributed by atoms with van der Waals surface area (Å²) in [7, 11) is -3.40. The zero-order chi connectivity index (χ0) is 13.9. The smallest absolute Gasteiger partial charge is 0.241 e. The van der Waals surface area contributed by atoms with Gasteiger partial charge in [0, 0.05) is 0 Å². The predicted molar refractivity (Wildman–Crippen MR) is 71.9 cm³/mol. The standard InChI is InChI=1S/C11H17N3O3S/c1-7-4-5-9(14-18(3,16)17)10(6-7)13-11(15)8(2)12/h4-6,8,14H,12H2,1-3H3,(H,13,15)/t8-/m0/s1. The lowest BCUT2D eigenvalue weighted by molar-refractivity contribution is -0.117. The molecule has 0 heterocycles. The van der Waals surface area contributed by atoms with Crippen molar-refractivity contribution >= 4 is 27.3 Å². The van der Waals surface area contributed by atoms with Crippen LogP contribution in [-0.2, 0) is 14.8 Å². The molecule has 0 saturated heterocycles. The molecule has 0 aromatic heterocycles. The summed E-state index contributed by atoms with van der Waals surface area (Å²) in [5.74, 6) is -0.378. The minimum Gasteiger partial charge on any atom is -0.323 e. The number of nitrogens with two attached hydrogens (primary N) is 1. The lowest BCUT2D eigenvalue weighted by atomic mass is 10.2. The van der Waals surface area contributed by atoms with Gasteiger partial charge in [-0.3, -0.25) is 9.52 Å². The number of carbonyl (C=O) groups is 1. The molecule has 0 saturated carbocycles. The average molecular weight is 271 g/mol. The van der Waals surface area contributed by atoms with Gasteiger partial charge in [0.15, 0.2) is 0 Å². The third kappa shape index (κ3) is 4.34. The molecule has 0 aliphatic heterocycles. The zero-order valence-corrected chi connectivity index (χ0v) is 11.3. The van der Waals surface area contributed by atoms with Gasteiger partial charge in [0.2, 0.25) is 15.9 Å². The maximum atomic E-state index is 11.5. The van der Waals surface area contributed by atoms with Crippen LogP contribution in [0.3, 0.4) is 0 Å². The van der Waals surface area contributed by atoms with E-state index in [0.717, 1.165) is 11.8 Å². The van der Waals surface area contributed by atoms with Crippen LogP contribution in [-0.4, -0.2) is 26.6 Å². The predicted octanol–water partition coefficient (Wildman–Crippen LogP) is 0.652. The Balaban J connectivity index is 3.08. The van der Waals surface area contributed by atoms with E-state index in [-0.39, 0.29) is 5.91 Å². The van der Waals surface area contributed by atoms with Crippen molar-refractivity contribution < 1.29 is 13.2 Å². The van der Waals surface area contributed by atoms with E-state index in [9.17, 15) is 13.2 Å². The Morgan fingerprint density at radius 1 is 1.33 bits per heavy atom. The fourth-order valence-corrected chi connectivity index (χ4v) is 1.87. The molecule has 1 rings (SSSR count). The second kappa shape index (κ2) is 5.36. The molecule has 1 aromatic carbocycles. The van der Waals surface area contributed by atoms with Crippen molar-refractivity contribution in [1.82, 2.24) is 0 Å². The highest BCUT2D eigenvalue weighted by Crippen LogP contribution is 2.24. The minimum atomic E-state index is -3.40. The summed E-state index contributed by atoms with van der Waals surface area (Å²) in [6.07, 6.45) is 1.05. The van der Waals surface area contributed by atoms with Crippen LogP contribution in [0, 0.1) is 6.92 Å². The quantitative estimate of drug-likeness (QED) is 0.748. The van der Waals surface area contributed by atoms with Crippen LogP contribution in [0.25, 0.3) is 0 Å². The van der Waals surface area contributed by atoms with Gasteiger partial charge in [0.05, 0.1) is 23.7 Å². The molecule has 0 spiro atoms. The molecule has 0 aliphatic rings. The van der Waals surface area contributed by atoms with E-state index < -0.39 is 16.1 Å². The highest BCUT2D eigenvalue weighted by Gasteiger charge is 2.12. The number of amides is 1. The minimum absolute atomic E-state index is 0.317. The third-order valence-electron chi connectivity index (χ3n) is 2.14. The highest BCUT2D eigenvalue weighted by atomic mass is 32.2. The molecular weight excluding hydrogens is 254 g/mol. The zero-order valence-electron chi connectivity index (χ0n) is 10.5. The van der Waals surface area contributed by atoms with Crippen LogP contribution in [0.4, 0.5) is 11.4 Å². The average Bonchev–Trinajstić information content (AvgIpc) is 2.20.